The van der Waals surface area contributed by atoms with Gasteiger partial charge in [-0.05, 0) is 6.42 Å². The Morgan fingerprint density at radius 1 is 0.286 bits per heavy atom. The van der Waals surface area contributed by atoms with Crippen molar-refractivity contribution in [3.05, 3.63) is 0 Å². The molecule has 0 aromatic carbocycles. The summed E-state index contributed by atoms with van der Waals surface area (Å²) >= 11 is 0. The highest BCUT2D eigenvalue weighted by atomic mass is 16.4. The van der Waals surface area contributed by atoms with Crippen LogP contribution in [0.25, 0.3) is 0 Å². The van der Waals surface area contributed by atoms with Crippen molar-refractivity contribution in [2.75, 3.05) is 0 Å². The van der Waals surface area contributed by atoms with E-state index >= 15 is 0 Å². The zero-order valence-electron chi connectivity index (χ0n) is 29.8. The number of carbonyl (C=O) groups is 1. The fourth-order valence-corrected chi connectivity index (χ4v) is 5.98. The second kappa shape index (κ2) is 42.6. The Labute approximate surface area is 267 Å². The summed E-state index contributed by atoms with van der Waals surface area (Å²) in [5.41, 5.74) is 0. The summed E-state index contributed by atoms with van der Waals surface area (Å²) in [4.78, 5) is 10.3. The first kappa shape index (κ1) is 43.6. The molecule has 0 atom stereocenters. The lowest BCUT2D eigenvalue weighted by atomic mass is 10.0. The Balaban J connectivity index is 0. The van der Waals surface area contributed by atoms with Crippen LogP contribution in [0.5, 0.6) is 0 Å². The van der Waals surface area contributed by atoms with Crippen molar-refractivity contribution >= 4 is 5.97 Å². The van der Waals surface area contributed by atoms with Crippen molar-refractivity contribution in [3.8, 4) is 0 Å². The third kappa shape index (κ3) is 46.4. The van der Waals surface area contributed by atoms with Crippen LogP contribution < -0.4 is 0 Å². The quantitative estimate of drug-likeness (QED) is 0.0741. The topological polar surface area (TPSA) is 37.3 Å². The van der Waals surface area contributed by atoms with Gasteiger partial charge in [-0.1, -0.05) is 239 Å². The van der Waals surface area contributed by atoms with Gasteiger partial charge in [0.15, 0.2) is 0 Å². The van der Waals surface area contributed by atoms with E-state index < -0.39 is 5.97 Å². The molecule has 254 valence electrons. The molecule has 0 heterocycles. The lowest BCUT2D eigenvalue weighted by Gasteiger charge is -2.03. The highest BCUT2D eigenvalue weighted by molar-refractivity contribution is 5.66. The predicted octanol–water partition coefficient (Wildman–Crippen LogP) is 15.2. The molecular formula is C40H82O2. The van der Waals surface area contributed by atoms with Crippen molar-refractivity contribution in [2.24, 2.45) is 0 Å². The van der Waals surface area contributed by atoms with E-state index in [-0.39, 0.29) is 0 Å². The zero-order valence-corrected chi connectivity index (χ0v) is 29.8. The van der Waals surface area contributed by atoms with E-state index in [1.807, 2.05) is 0 Å². The summed E-state index contributed by atoms with van der Waals surface area (Å²) in [6, 6.07) is 0. The molecule has 0 aliphatic rings. The lowest BCUT2D eigenvalue weighted by Crippen LogP contribution is -1.93. The van der Waals surface area contributed by atoms with E-state index in [0.717, 1.165) is 12.8 Å². The van der Waals surface area contributed by atoms with Gasteiger partial charge in [-0.15, -0.1) is 0 Å². The molecule has 0 aromatic rings. The highest BCUT2D eigenvalue weighted by Gasteiger charge is 1.98. The van der Waals surface area contributed by atoms with Gasteiger partial charge in [-0.3, -0.25) is 4.79 Å². The van der Waals surface area contributed by atoms with Crippen LogP contribution >= 0.6 is 0 Å². The molecule has 2 heteroatoms. The van der Waals surface area contributed by atoms with E-state index in [0.29, 0.717) is 6.42 Å². The fourth-order valence-electron chi connectivity index (χ4n) is 5.98. The van der Waals surface area contributed by atoms with Crippen molar-refractivity contribution in [3.63, 3.8) is 0 Å². The third-order valence-electron chi connectivity index (χ3n) is 8.95. The molecule has 0 fully saturated rings. The SMILES string of the molecule is CCCCCCCCCCCCCCCCCC(=O)O.CCCCCCCCCCCCCCCCCCCCCC. The molecule has 0 saturated heterocycles. The van der Waals surface area contributed by atoms with E-state index in [1.54, 1.807) is 0 Å². The molecule has 0 aromatic heterocycles. The number of unbranched alkanes of at least 4 members (excludes halogenated alkanes) is 33. The maximum absolute atomic E-state index is 10.3. The minimum atomic E-state index is -0.653. The van der Waals surface area contributed by atoms with Gasteiger partial charge in [0.1, 0.15) is 0 Å². The Morgan fingerprint density at radius 3 is 0.571 bits per heavy atom. The second-order valence-electron chi connectivity index (χ2n) is 13.5. The summed E-state index contributed by atoms with van der Waals surface area (Å²) < 4.78 is 0. The number of hydrogen-bond donors (Lipinski definition) is 1. The smallest absolute Gasteiger partial charge is 0.303 e. The van der Waals surface area contributed by atoms with E-state index in [9.17, 15) is 4.79 Å². The van der Waals surface area contributed by atoms with Gasteiger partial charge in [0.2, 0.25) is 0 Å². The first-order valence-electron chi connectivity index (χ1n) is 19.9. The first-order chi connectivity index (χ1) is 20.7. The molecule has 0 aliphatic heterocycles. The van der Waals surface area contributed by atoms with Gasteiger partial charge in [0.25, 0.3) is 0 Å². The molecule has 0 unspecified atom stereocenters. The van der Waals surface area contributed by atoms with E-state index in [4.69, 9.17) is 5.11 Å². The van der Waals surface area contributed by atoms with Crippen LogP contribution in [0.15, 0.2) is 0 Å². The summed E-state index contributed by atoms with van der Waals surface area (Å²) in [7, 11) is 0. The molecule has 42 heavy (non-hydrogen) atoms. The molecule has 0 amide bonds. The number of hydrogen-bond acceptors (Lipinski definition) is 1. The Bertz CT molecular complexity index is 441. The van der Waals surface area contributed by atoms with E-state index in [2.05, 4.69) is 20.8 Å². The van der Waals surface area contributed by atoms with Crippen LogP contribution in [0, 0.1) is 0 Å². The standard InChI is InChI=1S/C22H46.C18H36O2/c1-3-5-7-9-11-13-15-17-19-21-22-20-18-16-14-12-10-8-6-4-2;1-2-3-4-5-6-7-8-9-10-11-12-13-14-15-16-17-18(19)20/h3-22H2,1-2H3;2-17H2,1H3,(H,19,20). The maximum atomic E-state index is 10.3. The van der Waals surface area contributed by atoms with Crippen LogP contribution in [0.3, 0.4) is 0 Å². The van der Waals surface area contributed by atoms with Gasteiger partial charge < -0.3 is 5.11 Å². The molecule has 0 saturated carbocycles. The molecule has 1 N–H and O–H groups in total. The minimum absolute atomic E-state index is 0.345. The Morgan fingerprint density at radius 2 is 0.429 bits per heavy atom. The normalized spacial score (nSPS) is 11.0. The second-order valence-corrected chi connectivity index (χ2v) is 13.5. The van der Waals surface area contributed by atoms with Gasteiger partial charge in [-0.25, -0.2) is 0 Å². The molecule has 0 rings (SSSR count). The van der Waals surface area contributed by atoms with Crippen LogP contribution in [0.2, 0.25) is 0 Å². The van der Waals surface area contributed by atoms with Crippen LogP contribution in [0.4, 0.5) is 0 Å². The summed E-state index contributed by atoms with van der Waals surface area (Å²) in [6.07, 6.45) is 49.6. The fraction of sp³-hybridized carbons (Fsp3) is 0.975. The maximum Gasteiger partial charge on any atom is 0.303 e. The number of aliphatic carboxylic acids is 1. The van der Waals surface area contributed by atoms with Crippen LogP contribution in [0.1, 0.15) is 252 Å². The molecular weight excluding hydrogens is 512 g/mol. The molecule has 2 nitrogen and oxygen atoms in total. The van der Waals surface area contributed by atoms with Crippen molar-refractivity contribution in [1.82, 2.24) is 0 Å². The largest absolute Gasteiger partial charge is 0.481 e. The first-order valence-corrected chi connectivity index (χ1v) is 19.9. The van der Waals surface area contributed by atoms with Gasteiger partial charge in [0.05, 0.1) is 0 Å². The Kier molecular flexibility index (Phi) is 44.2. The summed E-state index contributed by atoms with van der Waals surface area (Å²) in [5.74, 6) is -0.653. The highest BCUT2D eigenvalue weighted by Crippen LogP contribution is 2.15. The van der Waals surface area contributed by atoms with E-state index in [1.165, 1.54) is 212 Å². The van der Waals surface area contributed by atoms with Gasteiger partial charge >= 0.3 is 5.97 Å². The molecule has 0 radical (unpaired) electrons. The van der Waals surface area contributed by atoms with Crippen molar-refractivity contribution < 1.29 is 9.90 Å². The summed E-state index contributed by atoms with van der Waals surface area (Å²) in [5, 5.41) is 8.52. The third-order valence-corrected chi connectivity index (χ3v) is 8.95. The monoisotopic (exact) mass is 595 g/mol. The lowest BCUT2D eigenvalue weighted by molar-refractivity contribution is -0.137. The minimum Gasteiger partial charge on any atom is -0.481 e. The predicted molar refractivity (Wildman–Crippen MR) is 191 cm³/mol. The number of rotatable bonds is 35. The van der Waals surface area contributed by atoms with Gasteiger partial charge in [0, 0.05) is 6.42 Å². The molecule has 0 spiro atoms. The average Bonchev–Trinajstić information content (AvgIpc) is 2.98. The molecule has 0 aliphatic carbocycles. The van der Waals surface area contributed by atoms with Crippen molar-refractivity contribution in [1.29, 1.82) is 0 Å². The number of carboxylic acids is 1. The van der Waals surface area contributed by atoms with Crippen LogP contribution in [-0.2, 0) is 4.79 Å². The van der Waals surface area contributed by atoms with Crippen LogP contribution in [-0.4, -0.2) is 11.1 Å². The number of carboxylic acid groups (broad SMARTS) is 1. The summed E-state index contributed by atoms with van der Waals surface area (Å²) in [6.45, 7) is 6.87. The average molecular weight is 595 g/mol. The molecule has 0 bridgehead atoms. The zero-order chi connectivity index (χ0) is 31.0. The van der Waals surface area contributed by atoms with Crippen molar-refractivity contribution in [2.45, 2.75) is 252 Å². The van der Waals surface area contributed by atoms with Gasteiger partial charge in [-0.2, -0.15) is 0 Å². The Hall–Kier alpha value is -0.530.